The number of halogens is 1. The summed E-state index contributed by atoms with van der Waals surface area (Å²) in [5, 5.41) is 13.9. The highest BCUT2D eigenvalue weighted by atomic mass is 35.5. The van der Waals surface area contributed by atoms with Crippen LogP contribution in [-0.4, -0.2) is 24.5 Å². The van der Waals surface area contributed by atoms with E-state index < -0.39 is 0 Å². The molecule has 0 aromatic heterocycles. The highest BCUT2D eigenvalue weighted by Crippen LogP contribution is 2.41. The van der Waals surface area contributed by atoms with E-state index in [1.807, 2.05) is 12.1 Å². The Kier molecular flexibility index (Phi) is 4.88. The van der Waals surface area contributed by atoms with Gasteiger partial charge in [0, 0.05) is 6.04 Å². The Balaban J connectivity index is 1.75. The minimum atomic E-state index is -0.111. The van der Waals surface area contributed by atoms with E-state index in [0.29, 0.717) is 22.6 Å². The van der Waals surface area contributed by atoms with Gasteiger partial charge in [-0.3, -0.25) is 0 Å². The van der Waals surface area contributed by atoms with Gasteiger partial charge in [0.15, 0.2) is 11.5 Å². The molecule has 4 nitrogen and oxygen atoms in total. The van der Waals surface area contributed by atoms with Crippen molar-refractivity contribution in [3.8, 4) is 11.5 Å². The van der Waals surface area contributed by atoms with Gasteiger partial charge >= 0.3 is 0 Å². The summed E-state index contributed by atoms with van der Waals surface area (Å²) >= 11 is 6.23. The molecule has 21 heavy (non-hydrogen) atoms. The molecule has 0 bridgehead atoms. The fourth-order valence-corrected chi connectivity index (χ4v) is 3.45. The number of ether oxygens (including phenoxy) is 2. The first-order valence-corrected chi connectivity index (χ1v) is 8.11. The number of hydrogen-bond donors (Lipinski definition) is 2. The van der Waals surface area contributed by atoms with E-state index in [9.17, 15) is 5.11 Å². The quantitative estimate of drug-likeness (QED) is 0.837. The van der Waals surface area contributed by atoms with Gasteiger partial charge in [0.25, 0.3) is 0 Å². The fourth-order valence-electron chi connectivity index (χ4n) is 3.17. The highest BCUT2D eigenvalue weighted by Gasteiger charge is 2.23. The normalized spacial score (nSPS) is 20.3. The summed E-state index contributed by atoms with van der Waals surface area (Å²) in [6.07, 6.45) is 7.51. The van der Waals surface area contributed by atoms with Gasteiger partial charge in [0.1, 0.15) is 0 Å². The lowest BCUT2D eigenvalue weighted by Crippen LogP contribution is -2.34. The molecule has 3 rings (SSSR count). The molecule has 1 aromatic carbocycles. The van der Waals surface area contributed by atoms with Crippen molar-refractivity contribution in [1.82, 2.24) is 5.32 Å². The van der Waals surface area contributed by atoms with Crippen LogP contribution in [0.4, 0.5) is 0 Å². The number of aliphatic hydroxyl groups is 1. The van der Waals surface area contributed by atoms with Crippen molar-refractivity contribution < 1.29 is 14.6 Å². The molecule has 0 spiro atoms. The van der Waals surface area contributed by atoms with E-state index in [4.69, 9.17) is 21.1 Å². The lowest BCUT2D eigenvalue weighted by Gasteiger charge is -2.24. The average molecular weight is 312 g/mol. The lowest BCUT2D eigenvalue weighted by atomic mass is 10.0. The summed E-state index contributed by atoms with van der Waals surface area (Å²) in [4.78, 5) is 0. The number of nitrogens with one attached hydrogen (secondary N) is 1. The molecule has 1 aromatic rings. The molecular formula is C16H22ClNO3. The van der Waals surface area contributed by atoms with Crippen LogP contribution in [0.15, 0.2) is 12.1 Å². The topological polar surface area (TPSA) is 50.7 Å². The molecule has 2 N–H and O–H groups in total. The standard InChI is InChI=1S/C16H22ClNO3/c17-13-7-11(8-15-16(13)21-10-20-15)14(9-19)18-12-5-3-1-2-4-6-12/h7-8,12,14,18-19H,1-6,9-10H2. The summed E-state index contributed by atoms with van der Waals surface area (Å²) in [6, 6.07) is 4.13. The molecule has 1 unspecified atom stereocenters. The van der Waals surface area contributed by atoms with Crippen LogP contribution >= 0.6 is 11.6 Å². The van der Waals surface area contributed by atoms with Crippen molar-refractivity contribution in [3.05, 3.63) is 22.7 Å². The number of hydrogen-bond acceptors (Lipinski definition) is 4. The minimum absolute atomic E-state index is 0.0481. The van der Waals surface area contributed by atoms with E-state index >= 15 is 0 Å². The van der Waals surface area contributed by atoms with Gasteiger partial charge in [-0.05, 0) is 30.5 Å². The molecule has 0 radical (unpaired) electrons. The Morgan fingerprint density at radius 2 is 1.95 bits per heavy atom. The molecule has 1 saturated carbocycles. The zero-order valence-electron chi connectivity index (χ0n) is 12.1. The van der Waals surface area contributed by atoms with Gasteiger partial charge in [-0.25, -0.2) is 0 Å². The molecular weight excluding hydrogens is 290 g/mol. The fraction of sp³-hybridized carbons (Fsp3) is 0.625. The Morgan fingerprint density at radius 1 is 1.19 bits per heavy atom. The zero-order chi connectivity index (χ0) is 14.7. The molecule has 1 fully saturated rings. The molecule has 116 valence electrons. The summed E-state index contributed by atoms with van der Waals surface area (Å²) in [5.74, 6) is 1.27. The van der Waals surface area contributed by atoms with E-state index in [1.54, 1.807) is 0 Å². The van der Waals surface area contributed by atoms with E-state index in [2.05, 4.69) is 5.32 Å². The van der Waals surface area contributed by atoms with Crippen molar-refractivity contribution in [2.24, 2.45) is 0 Å². The summed E-state index contributed by atoms with van der Waals surface area (Å²) in [6.45, 7) is 0.255. The molecule has 1 atom stereocenters. The van der Waals surface area contributed by atoms with Crippen LogP contribution < -0.4 is 14.8 Å². The van der Waals surface area contributed by atoms with Crippen molar-refractivity contribution in [2.45, 2.75) is 50.6 Å². The van der Waals surface area contributed by atoms with Crippen molar-refractivity contribution in [2.75, 3.05) is 13.4 Å². The van der Waals surface area contributed by atoms with Crippen LogP contribution in [0, 0.1) is 0 Å². The van der Waals surface area contributed by atoms with Crippen molar-refractivity contribution in [1.29, 1.82) is 0 Å². The van der Waals surface area contributed by atoms with Crippen LogP contribution in [0.25, 0.3) is 0 Å². The molecule has 0 amide bonds. The second-order valence-electron chi connectivity index (χ2n) is 5.83. The first-order valence-electron chi connectivity index (χ1n) is 7.74. The van der Waals surface area contributed by atoms with Gasteiger partial charge in [-0.15, -0.1) is 0 Å². The van der Waals surface area contributed by atoms with Crippen LogP contribution in [0.3, 0.4) is 0 Å². The zero-order valence-corrected chi connectivity index (χ0v) is 12.9. The van der Waals surface area contributed by atoms with Crippen LogP contribution in [-0.2, 0) is 0 Å². The lowest BCUT2D eigenvalue weighted by molar-refractivity contribution is 0.174. The monoisotopic (exact) mass is 311 g/mol. The number of benzene rings is 1. The smallest absolute Gasteiger partial charge is 0.231 e. The van der Waals surface area contributed by atoms with Gasteiger partial charge < -0.3 is 19.9 Å². The minimum Gasteiger partial charge on any atom is -0.454 e. The van der Waals surface area contributed by atoms with Gasteiger partial charge in [0.2, 0.25) is 6.79 Å². The molecule has 1 aliphatic heterocycles. The first kappa shape index (κ1) is 14.9. The summed E-state index contributed by atoms with van der Waals surface area (Å²) < 4.78 is 10.7. The van der Waals surface area contributed by atoms with E-state index in [0.717, 1.165) is 5.56 Å². The number of rotatable bonds is 4. The summed E-state index contributed by atoms with van der Waals surface area (Å²) in [7, 11) is 0. The predicted octanol–water partition coefficient (Wildman–Crippen LogP) is 3.41. The first-order chi connectivity index (χ1) is 10.3. The SMILES string of the molecule is OCC(NC1CCCCCC1)c1cc(Cl)c2c(c1)OCO2. The second-order valence-corrected chi connectivity index (χ2v) is 6.23. The molecule has 5 heteroatoms. The Morgan fingerprint density at radius 3 is 2.67 bits per heavy atom. The van der Waals surface area contributed by atoms with Crippen LogP contribution in [0.1, 0.15) is 50.1 Å². The third-order valence-electron chi connectivity index (χ3n) is 4.33. The van der Waals surface area contributed by atoms with E-state index in [-0.39, 0.29) is 19.4 Å². The van der Waals surface area contributed by atoms with Gasteiger partial charge in [0.05, 0.1) is 17.7 Å². The third-order valence-corrected chi connectivity index (χ3v) is 4.61. The largest absolute Gasteiger partial charge is 0.454 e. The number of fused-ring (bicyclic) bond motifs is 1. The molecule has 1 heterocycles. The molecule has 1 aliphatic carbocycles. The van der Waals surface area contributed by atoms with Gasteiger partial charge in [-0.2, -0.15) is 0 Å². The van der Waals surface area contributed by atoms with Crippen LogP contribution in [0.2, 0.25) is 5.02 Å². The molecule has 0 saturated heterocycles. The Labute approximate surface area is 130 Å². The predicted molar refractivity (Wildman–Crippen MR) is 82.0 cm³/mol. The maximum Gasteiger partial charge on any atom is 0.231 e. The maximum atomic E-state index is 9.74. The van der Waals surface area contributed by atoms with Crippen LogP contribution in [0.5, 0.6) is 11.5 Å². The average Bonchev–Trinajstić information content (AvgIpc) is 2.82. The van der Waals surface area contributed by atoms with Gasteiger partial charge in [-0.1, -0.05) is 37.3 Å². The molecule has 2 aliphatic rings. The van der Waals surface area contributed by atoms with Crippen molar-refractivity contribution in [3.63, 3.8) is 0 Å². The highest BCUT2D eigenvalue weighted by molar-refractivity contribution is 6.32. The third kappa shape index (κ3) is 3.44. The van der Waals surface area contributed by atoms with E-state index in [1.165, 1.54) is 38.5 Å². The van der Waals surface area contributed by atoms with Crippen molar-refractivity contribution >= 4 is 11.6 Å². The number of aliphatic hydroxyl groups excluding tert-OH is 1. The Hall–Kier alpha value is -0.970. The summed E-state index contributed by atoms with van der Waals surface area (Å²) in [5.41, 5.74) is 0.955. The Bertz CT molecular complexity index is 487. The second kappa shape index (κ2) is 6.86. The maximum absolute atomic E-state index is 9.74.